The van der Waals surface area contributed by atoms with Crippen molar-refractivity contribution in [2.24, 2.45) is 5.73 Å². The summed E-state index contributed by atoms with van der Waals surface area (Å²) in [7, 11) is 0. The van der Waals surface area contributed by atoms with Crippen LogP contribution in [0.25, 0.3) is 11.1 Å². The number of nitrogens with two attached hydrogens (primary N) is 1. The summed E-state index contributed by atoms with van der Waals surface area (Å²) in [4.78, 5) is 0. The van der Waals surface area contributed by atoms with Gasteiger partial charge < -0.3 is 5.73 Å². The molecule has 17 heavy (non-hydrogen) atoms. The third-order valence-corrected chi connectivity index (χ3v) is 2.39. The summed E-state index contributed by atoms with van der Waals surface area (Å²) in [5.41, 5.74) is 6.68. The van der Waals surface area contributed by atoms with Gasteiger partial charge in [0.05, 0.1) is 0 Å². The second-order valence-electron chi connectivity index (χ2n) is 3.71. The van der Waals surface area contributed by atoms with Crippen molar-refractivity contribution in [3.63, 3.8) is 0 Å². The van der Waals surface area contributed by atoms with Gasteiger partial charge in [-0.25, -0.2) is 13.2 Å². The Balaban J connectivity index is 2.55. The summed E-state index contributed by atoms with van der Waals surface area (Å²) in [5.74, 6) is -1.87. The first-order chi connectivity index (χ1) is 8.08. The van der Waals surface area contributed by atoms with E-state index in [1.165, 1.54) is 12.1 Å². The minimum atomic E-state index is -0.696. The highest BCUT2D eigenvalue weighted by Crippen LogP contribution is 2.23. The smallest absolute Gasteiger partial charge is 0.126 e. The van der Waals surface area contributed by atoms with Crippen LogP contribution >= 0.6 is 0 Å². The van der Waals surface area contributed by atoms with E-state index in [1.54, 1.807) is 6.07 Å². The number of hydrogen-bond donors (Lipinski definition) is 1. The molecule has 0 saturated carbocycles. The van der Waals surface area contributed by atoms with Gasteiger partial charge in [-0.15, -0.1) is 0 Å². The molecule has 2 aromatic rings. The van der Waals surface area contributed by atoms with Crippen molar-refractivity contribution in [3.8, 4) is 11.1 Å². The fourth-order valence-corrected chi connectivity index (χ4v) is 1.66. The molecule has 0 heterocycles. The van der Waals surface area contributed by atoms with Crippen LogP contribution in [-0.2, 0) is 6.54 Å². The van der Waals surface area contributed by atoms with Crippen LogP contribution in [0.15, 0.2) is 36.4 Å². The summed E-state index contributed by atoms with van der Waals surface area (Å²) in [6.07, 6.45) is 0. The van der Waals surface area contributed by atoms with E-state index < -0.39 is 17.5 Å². The molecule has 2 aromatic carbocycles. The van der Waals surface area contributed by atoms with E-state index >= 15 is 0 Å². The van der Waals surface area contributed by atoms with Crippen molar-refractivity contribution < 1.29 is 13.2 Å². The highest BCUT2D eigenvalue weighted by atomic mass is 19.1. The van der Waals surface area contributed by atoms with E-state index in [1.807, 2.05) is 0 Å². The first kappa shape index (κ1) is 11.7. The quantitative estimate of drug-likeness (QED) is 0.852. The molecule has 0 fully saturated rings. The van der Waals surface area contributed by atoms with E-state index in [-0.39, 0.29) is 12.1 Å². The maximum Gasteiger partial charge on any atom is 0.126 e. The average Bonchev–Trinajstić information content (AvgIpc) is 2.26. The van der Waals surface area contributed by atoms with Crippen molar-refractivity contribution in [2.75, 3.05) is 0 Å². The van der Waals surface area contributed by atoms with E-state index in [4.69, 9.17) is 5.73 Å². The number of rotatable bonds is 2. The molecule has 2 N–H and O–H groups in total. The maximum atomic E-state index is 13.3. The Bertz CT molecular complexity index is 532. The van der Waals surface area contributed by atoms with Gasteiger partial charge in [-0.1, -0.05) is 0 Å². The van der Waals surface area contributed by atoms with Gasteiger partial charge in [0.15, 0.2) is 0 Å². The standard InChI is InChI=1S/C13H10F3N/c14-11-2-8(7-17)1-9(3-11)10-4-12(15)6-13(16)5-10/h1-6H,7,17H2. The normalized spacial score (nSPS) is 10.6. The second-order valence-corrected chi connectivity index (χ2v) is 3.71. The minimum Gasteiger partial charge on any atom is -0.326 e. The van der Waals surface area contributed by atoms with Gasteiger partial charge >= 0.3 is 0 Å². The van der Waals surface area contributed by atoms with Crippen molar-refractivity contribution in [1.29, 1.82) is 0 Å². The lowest BCUT2D eigenvalue weighted by atomic mass is 10.0. The number of halogens is 3. The molecule has 0 aliphatic rings. The van der Waals surface area contributed by atoms with Crippen LogP contribution < -0.4 is 5.73 Å². The van der Waals surface area contributed by atoms with E-state index in [2.05, 4.69) is 0 Å². The van der Waals surface area contributed by atoms with Crippen molar-refractivity contribution in [1.82, 2.24) is 0 Å². The molecule has 88 valence electrons. The van der Waals surface area contributed by atoms with Crippen LogP contribution in [0.5, 0.6) is 0 Å². The minimum absolute atomic E-state index is 0.169. The first-order valence-corrected chi connectivity index (χ1v) is 5.04. The molecule has 2 rings (SSSR count). The summed E-state index contributed by atoms with van der Waals surface area (Å²) < 4.78 is 39.3. The molecule has 0 atom stereocenters. The fourth-order valence-electron chi connectivity index (χ4n) is 1.66. The van der Waals surface area contributed by atoms with E-state index in [0.29, 0.717) is 11.1 Å². The molecule has 0 spiro atoms. The summed E-state index contributed by atoms with van der Waals surface area (Å²) in [5, 5.41) is 0. The van der Waals surface area contributed by atoms with Gasteiger partial charge in [-0.05, 0) is 47.0 Å². The summed E-state index contributed by atoms with van der Waals surface area (Å²) >= 11 is 0. The average molecular weight is 237 g/mol. The zero-order chi connectivity index (χ0) is 12.4. The molecule has 0 saturated heterocycles. The predicted molar refractivity (Wildman–Crippen MR) is 59.6 cm³/mol. The van der Waals surface area contributed by atoms with Crippen molar-refractivity contribution in [2.45, 2.75) is 6.54 Å². The second kappa shape index (κ2) is 4.59. The van der Waals surface area contributed by atoms with Crippen molar-refractivity contribution >= 4 is 0 Å². The third-order valence-electron chi connectivity index (χ3n) is 2.39. The van der Waals surface area contributed by atoms with Crippen LogP contribution in [0.1, 0.15) is 5.56 Å². The Labute approximate surface area is 96.7 Å². The van der Waals surface area contributed by atoms with Crippen LogP contribution in [0, 0.1) is 17.5 Å². The highest BCUT2D eigenvalue weighted by molar-refractivity contribution is 5.64. The molecular weight excluding hydrogens is 227 g/mol. The molecule has 0 unspecified atom stereocenters. The van der Waals surface area contributed by atoms with Gasteiger partial charge in [0.2, 0.25) is 0 Å². The van der Waals surface area contributed by atoms with Crippen molar-refractivity contribution in [3.05, 3.63) is 59.4 Å². The summed E-state index contributed by atoms with van der Waals surface area (Å²) in [6.45, 7) is 0.169. The monoisotopic (exact) mass is 237 g/mol. The van der Waals surface area contributed by atoms with Gasteiger partial charge in [0, 0.05) is 12.6 Å². The molecular formula is C13H10F3N. The van der Waals surface area contributed by atoms with Gasteiger partial charge in [-0.3, -0.25) is 0 Å². The Morgan fingerprint density at radius 2 is 1.18 bits per heavy atom. The number of benzene rings is 2. The van der Waals surface area contributed by atoms with Crippen LogP contribution in [0.2, 0.25) is 0 Å². The fraction of sp³-hybridized carbons (Fsp3) is 0.0769. The first-order valence-electron chi connectivity index (χ1n) is 5.04. The molecule has 0 aliphatic carbocycles. The molecule has 0 bridgehead atoms. The molecule has 0 radical (unpaired) electrons. The zero-order valence-corrected chi connectivity index (χ0v) is 8.88. The molecule has 1 nitrogen and oxygen atoms in total. The molecule has 0 amide bonds. The van der Waals surface area contributed by atoms with E-state index in [0.717, 1.165) is 18.2 Å². The highest BCUT2D eigenvalue weighted by Gasteiger charge is 2.06. The molecule has 0 aliphatic heterocycles. The Morgan fingerprint density at radius 1 is 0.706 bits per heavy atom. The zero-order valence-electron chi connectivity index (χ0n) is 8.88. The van der Waals surface area contributed by atoms with Gasteiger partial charge in [-0.2, -0.15) is 0 Å². The van der Waals surface area contributed by atoms with Crippen LogP contribution in [0.4, 0.5) is 13.2 Å². The third kappa shape index (κ3) is 2.65. The lowest BCUT2D eigenvalue weighted by Gasteiger charge is -2.05. The topological polar surface area (TPSA) is 26.0 Å². The number of hydrogen-bond acceptors (Lipinski definition) is 1. The van der Waals surface area contributed by atoms with Crippen LogP contribution in [-0.4, -0.2) is 0 Å². The largest absolute Gasteiger partial charge is 0.326 e. The Hall–Kier alpha value is -1.81. The molecule has 4 heteroatoms. The lowest BCUT2D eigenvalue weighted by molar-refractivity contribution is 0.584. The molecule has 0 aromatic heterocycles. The SMILES string of the molecule is NCc1cc(F)cc(-c2cc(F)cc(F)c2)c1. The van der Waals surface area contributed by atoms with Gasteiger partial charge in [0.1, 0.15) is 17.5 Å². The Kier molecular flexibility index (Phi) is 3.15. The van der Waals surface area contributed by atoms with E-state index in [9.17, 15) is 13.2 Å². The van der Waals surface area contributed by atoms with Crippen LogP contribution in [0.3, 0.4) is 0 Å². The maximum absolute atomic E-state index is 13.3. The summed E-state index contributed by atoms with van der Waals surface area (Å²) in [6, 6.07) is 7.19. The lowest BCUT2D eigenvalue weighted by Crippen LogP contribution is -1.97. The Morgan fingerprint density at radius 3 is 1.71 bits per heavy atom. The van der Waals surface area contributed by atoms with Gasteiger partial charge in [0.25, 0.3) is 0 Å². The predicted octanol–water partition coefficient (Wildman–Crippen LogP) is 3.23.